The van der Waals surface area contributed by atoms with Crippen molar-refractivity contribution < 1.29 is 0 Å². The van der Waals surface area contributed by atoms with Gasteiger partial charge in [0.1, 0.15) is 0 Å². The number of nitrogens with zero attached hydrogens (tertiary/aromatic N) is 3. The fourth-order valence-electron chi connectivity index (χ4n) is 3.65. The zero-order valence-electron chi connectivity index (χ0n) is 15.0. The molecule has 1 aromatic heterocycles. The number of rotatable bonds is 6. The van der Waals surface area contributed by atoms with Gasteiger partial charge in [0.05, 0.1) is 11.4 Å². The summed E-state index contributed by atoms with van der Waals surface area (Å²) in [5.41, 5.74) is 3.75. The summed E-state index contributed by atoms with van der Waals surface area (Å²) in [5, 5.41) is 8.32. The van der Waals surface area contributed by atoms with Gasteiger partial charge in [-0.05, 0) is 62.8 Å². The second-order valence-electron chi connectivity index (χ2n) is 7.42. The van der Waals surface area contributed by atoms with E-state index in [2.05, 4.69) is 57.3 Å². The van der Waals surface area contributed by atoms with Gasteiger partial charge in [0, 0.05) is 31.9 Å². The summed E-state index contributed by atoms with van der Waals surface area (Å²) >= 11 is 0. The molecule has 1 saturated heterocycles. The average molecular weight is 361 g/mol. The van der Waals surface area contributed by atoms with Crippen LogP contribution in [0.4, 0.5) is 0 Å². The second kappa shape index (κ2) is 8.35. The van der Waals surface area contributed by atoms with Crippen LogP contribution in [-0.4, -0.2) is 40.4 Å². The van der Waals surface area contributed by atoms with Crippen molar-refractivity contribution in [2.45, 2.75) is 45.2 Å². The van der Waals surface area contributed by atoms with Gasteiger partial charge in [-0.1, -0.05) is 18.2 Å². The van der Waals surface area contributed by atoms with Gasteiger partial charge in [-0.2, -0.15) is 5.10 Å². The van der Waals surface area contributed by atoms with Gasteiger partial charge in [0.2, 0.25) is 0 Å². The molecule has 1 aliphatic heterocycles. The number of hydrogen-bond acceptors (Lipinski definition) is 3. The monoisotopic (exact) mass is 360 g/mol. The maximum Gasteiger partial charge on any atom is 0.0678 e. The Bertz CT molecular complexity index is 672. The van der Waals surface area contributed by atoms with Crippen LogP contribution in [0.25, 0.3) is 5.69 Å². The van der Waals surface area contributed by atoms with Gasteiger partial charge < -0.3 is 5.32 Å². The van der Waals surface area contributed by atoms with Crippen LogP contribution in [0.2, 0.25) is 0 Å². The molecular formula is C20H29ClN4. The van der Waals surface area contributed by atoms with Crippen molar-refractivity contribution >= 4 is 12.4 Å². The molecular weight excluding hydrogens is 332 g/mol. The fraction of sp³-hybridized carbons (Fsp3) is 0.550. The first-order valence-corrected chi connectivity index (χ1v) is 9.34. The number of nitrogens with one attached hydrogen (secondary N) is 1. The molecule has 2 aromatic rings. The molecule has 0 radical (unpaired) electrons. The molecule has 1 aliphatic carbocycles. The molecule has 0 bridgehead atoms. The zero-order chi connectivity index (χ0) is 16.4. The largest absolute Gasteiger partial charge is 0.314 e. The average Bonchev–Trinajstić information content (AvgIpc) is 3.33. The van der Waals surface area contributed by atoms with Crippen molar-refractivity contribution in [3.8, 4) is 5.69 Å². The Morgan fingerprint density at radius 3 is 2.56 bits per heavy atom. The van der Waals surface area contributed by atoms with E-state index in [0.29, 0.717) is 0 Å². The highest BCUT2D eigenvalue weighted by Crippen LogP contribution is 2.28. The third-order valence-electron chi connectivity index (χ3n) is 5.43. The summed E-state index contributed by atoms with van der Waals surface area (Å²) in [5.74, 6) is 0.978. The lowest BCUT2D eigenvalue weighted by atomic mass is 10.0. The van der Waals surface area contributed by atoms with Crippen molar-refractivity contribution in [3.05, 3.63) is 47.8 Å². The molecule has 2 fully saturated rings. The summed E-state index contributed by atoms with van der Waals surface area (Å²) in [6.45, 7) is 6.74. The Morgan fingerprint density at radius 1 is 1.08 bits per heavy atom. The lowest BCUT2D eigenvalue weighted by Gasteiger charge is -2.32. The maximum atomic E-state index is 4.56. The summed E-state index contributed by atoms with van der Waals surface area (Å²) in [6.07, 6.45) is 7.34. The Balaban J connectivity index is 0.00000182. The topological polar surface area (TPSA) is 33.1 Å². The number of halogens is 1. The smallest absolute Gasteiger partial charge is 0.0678 e. The quantitative estimate of drug-likeness (QED) is 0.854. The van der Waals surface area contributed by atoms with E-state index in [9.17, 15) is 0 Å². The first-order chi connectivity index (χ1) is 11.8. The second-order valence-corrected chi connectivity index (χ2v) is 7.42. The summed E-state index contributed by atoms with van der Waals surface area (Å²) in [4.78, 5) is 2.57. The van der Waals surface area contributed by atoms with Gasteiger partial charge in [0.15, 0.2) is 0 Å². The molecule has 2 heterocycles. The van der Waals surface area contributed by atoms with Gasteiger partial charge in [-0.25, -0.2) is 4.68 Å². The van der Waals surface area contributed by atoms with E-state index in [4.69, 9.17) is 0 Å². The van der Waals surface area contributed by atoms with Crippen molar-refractivity contribution in [1.29, 1.82) is 0 Å². The highest BCUT2D eigenvalue weighted by Gasteiger charge is 2.24. The van der Waals surface area contributed by atoms with E-state index in [1.165, 1.54) is 62.3 Å². The minimum Gasteiger partial charge on any atom is -0.314 e. The summed E-state index contributed by atoms with van der Waals surface area (Å²) in [6, 6.07) is 11.4. The number of piperidine rings is 1. The van der Waals surface area contributed by atoms with Gasteiger partial charge in [-0.15, -0.1) is 12.4 Å². The number of benzene rings is 1. The van der Waals surface area contributed by atoms with Gasteiger partial charge >= 0.3 is 0 Å². The normalized spacial score (nSPS) is 18.9. The van der Waals surface area contributed by atoms with Gasteiger partial charge in [-0.3, -0.25) is 4.90 Å². The SMILES string of the molecule is Cc1ccccc1-n1nccc1CN1CCC(NCC2CC2)CC1.Cl. The summed E-state index contributed by atoms with van der Waals surface area (Å²) in [7, 11) is 0. The van der Waals surface area contributed by atoms with Crippen LogP contribution >= 0.6 is 12.4 Å². The van der Waals surface area contributed by atoms with Crippen LogP contribution in [0, 0.1) is 12.8 Å². The molecule has 25 heavy (non-hydrogen) atoms. The highest BCUT2D eigenvalue weighted by molar-refractivity contribution is 5.85. The van der Waals surface area contributed by atoms with Crippen molar-refractivity contribution in [3.63, 3.8) is 0 Å². The predicted molar refractivity (Wildman–Crippen MR) is 105 cm³/mol. The number of hydrogen-bond donors (Lipinski definition) is 1. The molecule has 0 spiro atoms. The molecule has 1 saturated carbocycles. The molecule has 2 aliphatic rings. The Morgan fingerprint density at radius 2 is 1.84 bits per heavy atom. The lowest BCUT2D eigenvalue weighted by Crippen LogP contribution is -2.42. The third kappa shape index (κ3) is 4.63. The Hall–Kier alpha value is -1.36. The molecule has 136 valence electrons. The first kappa shape index (κ1) is 18.4. The van der Waals surface area contributed by atoms with Crippen molar-refractivity contribution in [2.24, 2.45) is 5.92 Å². The standard InChI is InChI=1S/C20H28N4.ClH/c1-16-4-2-3-5-20(16)24-19(8-11-22-24)15-23-12-9-18(10-13-23)21-14-17-6-7-17;/h2-5,8,11,17-18,21H,6-7,9-10,12-15H2,1H3;1H. The minimum atomic E-state index is 0. The van der Waals surface area contributed by atoms with E-state index in [0.717, 1.165) is 18.5 Å². The lowest BCUT2D eigenvalue weighted by molar-refractivity contribution is 0.187. The number of para-hydroxylation sites is 1. The summed E-state index contributed by atoms with van der Waals surface area (Å²) < 4.78 is 2.10. The molecule has 1 aromatic carbocycles. The molecule has 1 N–H and O–H groups in total. The number of likely N-dealkylation sites (tertiary alicyclic amines) is 1. The first-order valence-electron chi connectivity index (χ1n) is 9.34. The fourth-order valence-corrected chi connectivity index (χ4v) is 3.65. The highest BCUT2D eigenvalue weighted by atomic mass is 35.5. The van der Waals surface area contributed by atoms with Crippen LogP contribution in [0.3, 0.4) is 0 Å². The molecule has 5 heteroatoms. The van der Waals surface area contributed by atoms with Crippen LogP contribution in [0.1, 0.15) is 36.9 Å². The van der Waals surface area contributed by atoms with Crippen LogP contribution in [0.5, 0.6) is 0 Å². The van der Waals surface area contributed by atoms with E-state index in [-0.39, 0.29) is 12.4 Å². The predicted octanol–water partition coefficient (Wildman–Crippen LogP) is 3.57. The van der Waals surface area contributed by atoms with E-state index < -0.39 is 0 Å². The van der Waals surface area contributed by atoms with Gasteiger partial charge in [0.25, 0.3) is 0 Å². The molecule has 0 amide bonds. The molecule has 4 nitrogen and oxygen atoms in total. The molecule has 4 rings (SSSR count). The zero-order valence-corrected chi connectivity index (χ0v) is 15.8. The Kier molecular flexibility index (Phi) is 6.15. The van der Waals surface area contributed by atoms with Crippen LogP contribution in [0.15, 0.2) is 36.5 Å². The van der Waals surface area contributed by atoms with Crippen LogP contribution < -0.4 is 5.32 Å². The van der Waals surface area contributed by atoms with E-state index in [1.807, 2.05) is 6.20 Å². The maximum absolute atomic E-state index is 4.56. The number of aryl methyl sites for hydroxylation is 1. The third-order valence-corrected chi connectivity index (χ3v) is 5.43. The number of aromatic nitrogens is 2. The minimum absolute atomic E-state index is 0. The molecule has 0 atom stereocenters. The van der Waals surface area contributed by atoms with Crippen molar-refractivity contribution in [2.75, 3.05) is 19.6 Å². The van der Waals surface area contributed by atoms with E-state index in [1.54, 1.807) is 0 Å². The van der Waals surface area contributed by atoms with Crippen molar-refractivity contribution in [1.82, 2.24) is 20.0 Å². The van der Waals surface area contributed by atoms with Crippen LogP contribution in [-0.2, 0) is 6.54 Å². The Labute approximate surface area is 157 Å². The molecule has 0 unspecified atom stereocenters. The van der Waals surface area contributed by atoms with E-state index >= 15 is 0 Å².